The van der Waals surface area contributed by atoms with Crippen molar-refractivity contribution >= 4 is 22.0 Å². The summed E-state index contributed by atoms with van der Waals surface area (Å²) in [5.74, 6) is -0.713. The molecule has 0 fully saturated rings. The monoisotopic (exact) mass is 514 g/mol. The van der Waals surface area contributed by atoms with Gasteiger partial charge in [0, 0.05) is 0 Å². The van der Waals surface area contributed by atoms with E-state index >= 15 is 0 Å². The molecule has 4 aromatic rings. The van der Waals surface area contributed by atoms with Crippen LogP contribution in [0, 0.1) is 25.5 Å². The van der Waals surface area contributed by atoms with Gasteiger partial charge < -0.3 is 0 Å². The molecule has 0 aliphatic rings. The molecule has 188 valence electrons. The molecule has 0 aromatic heterocycles. The zero-order chi connectivity index (χ0) is 26.4. The fourth-order valence-corrected chi connectivity index (χ4v) is 6.02. The molecule has 0 saturated heterocycles. The maximum absolute atomic E-state index is 14.3. The summed E-state index contributed by atoms with van der Waals surface area (Å²) in [6.07, 6.45) is 6.72. The van der Waals surface area contributed by atoms with Crippen molar-refractivity contribution in [1.82, 2.24) is 0 Å². The molecule has 2 nitrogen and oxygen atoms in total. The first kappa shape index (κ1) is 26.2. The lowest BCUT2D eigenvalue weighted by Gasteiger charge is -2.22. The maximum atomic E-state index is 14.3. The highest BCUT2D eigenvalue weighted by Gasteiger charge is 2.33. The Balaban J connectivity index is 1.81. The summed E-state index contributed by atoms with van der Waals surface area (Å²) in [6.45, 7) is 3.89. The Morgan fingerprint density at radius 3 is 1.19 bits per heavy atom. The predicted molar refractivity (Wildman–Crippen MR) is 148 cm³/mol. The molecule has 0 aliphatic carbocycles. The maximum Gasteiger partial charge on any atom is 0.171 e. The van der Waals surface area contributed by atoms with Crippen LogP contribution in [0.15, 0.2) is 109 Å². The summed E-state index contributed by atoms with van der Waals surface area (Å²) in [6, 6.07) is 26.6. The van der Waals surface area contributed by atoms with Crippen molar-refractivity contribution in [2.45, 2.75) is 24.3 Å². The van der Waals surface area contributed by atoms with E-state index in [-0.39, 0.29) is 11.6 Å². The lowest BCUT2D eigenvalue weighted by molar-refractivity contribution is 0.584. The summed E-state index contributed by atoms with van der Waals surface area (Å²) < 4.78 is 55.5. The van der Waals surface area contributed by atoms with E-state index in [0.717, 1.165) is 11.1 Å². The van der Waals surface area contributed by atoms with Crippen LogP contribution in [0.3, 0.4) is 0 Å². The van der Waals surface area contributed by atoms with E-state index in [1.807, 2.05) is 62.4 Å². The summed E-state index contributed by atoms with van der Waals surface area (Å²) in [5, 5.41) is -1.91. The zero-order valence-corrected chi connectivity index (χ0v) is 21.5. The van der Waals surface area contributed by atoms with Gasteiger partial charge in [-0.05, 0) is 60.4 Å². The second kappa shape index (κ2) is 11.5. The number of sulfone groups is 1. The highest BCUT2D eigenvalue weighted by molar-refractivity contribution is 7.92. The molecule has 4 aromatic carbocycles. The van der Waals surface area contributed by atoms with Crippen molar-refractivity contribution in [3.63, 3.8) is 0 Å². The van der Waals surface area contributed by atoms with Crippen molar-refractivity contribution in [3.05, 3.63) is 154 Å². The van der Waals surface area contributed by atoms with Crippen LogP contribution in [0.2, 0.25) is 0 Å². The molecular formula is C32H28F2O2S. The highest BCUT2D eigenvalue weighted by Crippen LogP contribution is 2.37. The number of hydrogen-bond acceptors (Lipinski definition) is 2. The molecule has 2 atom stereocenters. The van der Waals surface area contributed by atoms with Gasteiger partial charge in [0.05, 0.1) is 0 Å². The molecule has 0 saturated carbocycles. The first-order valence-corrected chi connectivity index (χ1v) is 13.6. The van der Waals surface area contributed by atoms with E-state index in [1.165, 1.54) is 24.3 Å². The minimum absolute atomic E-state index is 0.356. The van der Waals surface area contributed by atoms with Gasteiger partial charge in [0.2, 0.25) is 0 Å². The van der Waals surface area contributed by atoms with Crippen LogP contribution < -0.4 is 0 Å². The Hall–Kier alpha value is -3.83. The molecule has 37 heavy (non-hydrogen) atoms. The molecule has 0 heterocycles. The third-order valence-electron chi connectivity index (χ3n) is 6.19. The average molecular weight is 515 g/mol. The van der Waals surface area contributed by atoms with Crippen LogP contribution in [0.4, 0.5) is 8.78 Å². The Morgan fingerprint density at radius 2 is 0.865 bits per heavy atom. The van der Waals surface area contributed by atoms with Gasteiger partial charge in [0.1, 0.15) is 22.1 Å². The Morgan fingerprint density at radius 1 is 0.541 bits per heavy atom. The van der Waals surface area contributed by atoms with Gasteiger partial charge in [-0.1, -0.05) is 108 Å². The van der Waals surface area contributed by atoms with E-state index in [9.17, 15) is 17.2 Å². The molecule has 0 spiro atoms. The van der Waals surface area contributed by atoms with Gasteiger partial charge in [0.15, 0.2) is 9.84 Å². The lowest BCUT2D eigenvalue weighted by Crippen LogP contribution is -2.19. The van der Waals surface area contributed by atoms with Crippen LogP contribution >= 0.6 is 0 Å². The normalized spacial score (nSPS) is 13.7. The molecule has 5 heteroatoms. The van der Waals surface area contributed by atoms with Crippen LogP contribution in [-0.4, -0.2) is 8.42 Å². The van der Waals surface area contributed by atoms with E-state index in [2.05, 4.69) is 0 Å². The Bertz CT molecular complexity index is 1370. The predicted octanol–water partition coefficient (Wildman–Crippen LogP) is 8.21. The third-order valence-corrected chi connectivity index (χ3v) is 8.46. The molecule has 4 rings (SSSR count). The van der Waals surface area contributed by atoms with Crippen molar-refractivity contribution in [3.8, 4) is 0 Å². The largest absolute Gasteiger partial charge is 0.227 e. The molecule has 0 N–H and O–H groups in total. The number of aryl methyl sites for hydroxylation is 2. The Labute approximate surface area is 217 Å². The highest BCUT2D eigenvalue weighted by atomic mass is 32.2. The van der Waals surface area contributed by atoms with Gasteiger partial charge in [-0.3, -0.25) is 0 Å². The van der Waals surface area contributed by atoms with Crippen molar-refractivity contribution in [2.24, 2.45) is 0 Å². The fraction of sp³-hybridized carbons (Fsp3) is 0.125. The summed E-state index contributed by atoms with van der Waals surface area (Å²) in [5.41, 5.74) is 4.71. The number of halogens is 2. The standard InChI is InChI=1S/C32H28F2O2S/c1-23-3-13-27(14-4-23)31(21-11-25-7-17-29(33)18-8-25)37(35,36)32(28-15-5-24(2)6-16-28)22-12-26-9-19-30(34)20-10-26/h3-22,31-32H,1-2H3. The first-order chi connectivity index (χ1) is 17.7. The summed E-state index contributed by atoms with van der Waals surface area (Å²) >= 11 is 0. The molecule has 0 radical (unpaired) electrons. The fourth-order valence-electron chi connectivity index (χ4n) is 4.04. The number of benzene rings is 4. The third kappa shape index (κ3) is 6.69. The quantitative estimate of drug-likeness (QED) is 0.237. The van der Waals surface area contributed by atoms with Gasteiger partial charge in [-0.15, -0.1) is 0 Å². The molecule has 2 unspecified atom stereocenters. The number of rotatable bonds is 8. The van der Waals surface area contributed by atoms with Gasteiger partial charge >= 0.3 is 0 Å². The second-order valence-electron chi connectivity index (χ2n) is 9.07. The first-order valence-electron chi connectivity index (χ1n) is 12.0. The Kier molecular flexibility index (Phi) is 8.14. The topological polar surface area (TPSA) is 34.1 Å². The summed E-state index contributed by atoms with van der Waals surface area (Å²) in [4.78, 5) is 0. The van der Waals surface area contributed by atoms with Crippen LogP contribution in [0.5, 0.6) is 0 Å². The van der Waals surface area contributed by atoms with Gasteiger partial charge in [-0.2, -0.15) is 0 Å². The molecule has 0 aliphatic heterocycles. The van der Waals surface area contributed by atoms with Crippen molar-refractivity contribution in [1.29, 1.82) is 0 Å². The summed E-state index contributed by atoms with van der Waals surface area (Å²) in [7, 11) is -3.87. The minimum atomic E-state index is -3.87. The van der Waals surface area contributed by atoms with Crippen LogP contribution in [0.25, 0.3) is 12.2 Å². The average Bonchev–Trinajstić information content (AvgIpc) is 2.88. The van der Waals surface area contributed by atoms with Gasteiger partial charge in [0.25, 0.3) is 0 Å². The molecular weight excluding hydrogens is 486 g/mol. The van der Waals surface area contributed by atoms with E-state index in [1.54, 1.807) is 48.6 Å². The van der Waals surface area contributed by atoms with Gasteiger partial charge in [-0.25, -0.2) is 17.2 Å². The lowest BCUT2D eigenvalue weighted by atomic mass is 10.1. The van der Waals surface area contributed by atoms with Crippen LogP contribution in [0.1, 0.15) is 43.9 Å². The smallest absolute Gasteiger partial charge is 0.171 e. The second-order valence-corrected chi connectivity index (χ2v) is 11.3. The van der Waals surface area contributed by atoms with Crippen molar-refractivity contribution in [2.75, 3.05) is 0 Å². The van der Waals surface area contributed by atoms with Crippen LogP contribution in [-0.2, 0) is 9.84 Å². The molecule has 0 bridgehead atoms. The van der Waals surface area contributed by atoms with E-state index in [4.69, 9.17) is 0 Å². The van der Waals surface area contributed by atoms with Crippen molar-refractivity contribution < 1.29 is 17.2 Å². The number of hydrogen-bond donors (Lipinski definition) is 0. The SMILES string of the molecule is Cc1ccc(C(C=Cc2ccc(F)cc2)S(=O)(=O)C(C=Cc2ccc(F)cc2)c2ccc(C)cc2)cc1. The van der Waals surface area contributed by atoms with E-state index < -0.39 is 20.3 Å². The zero-order valence-electron chi connectivity index (χ0n) is 20.7. The van der Waals surface area contributed by atoms with E-state index in [0.29, 0.717) is 22.3 Å². The molecule has 0 amide bonds. The minimum Gasteiger partial charge on any atom is -0.227 e.